The standard InChI is InChI=1S/C35H68O4/c1-3-5-7-8-9-10-11-12-13-14-19-22-25-28-32-35(38)39-33(29-6-4-2)30-26-23-20-17-15-16-18-21-24-27-31-34(36)37/h33H,3-32H2,1-2H3,(H,36,37). The lowest BCUT2D eigenvalue weighted by Crippen LogP contribution is -2.18. The Morgan fingerprint density at radius 3 is 1.21 bits per heavy atom. The van der Waals surface area contributed by atoms with Crippen molar-refractivity contribution in [2.75, 3.05) is 0 Å². The third kappa shape index (κ3) is 31.3. The predicted octanol–water partition coefficient (Wildman–Crippen LogP) is 11.7. The van der Waals surface area contributed by atoms with Gasteiger partial charge in [0.15, 0.2) is 0 Å². The van der Waals surface area contributed by atoms with Crippen molar-refractivity contribution in [1.29, 1.82) is 0 Å². The highest BCUT2D eigenvalue weighted by molar-refractivity contribution is 5.69. The maximum atomic E-state index is 12.4. The van der Waals surface area contributed by atoms with E-state index < -0.39 is 5.97 Å². The molecule has 0 heterocycles. The third-order valence-electron chi connectivity index (χ3n) is 8.08. The van der Waals surface area contributed by atoms with Crippen molar-refractivity contribution in [2.24, 2.45) is 0 Å². The number of hydrogen-bond donors (Lipinski definition) is 1. The highest BCUT2D eigenvalue weighted by atomic mass is 16.5. The number of aliphatic carboxylic acids is 1. The number of carbonyl (C=O) groups is 2. The molecule has 4 nitrogen and oxygen atoms in total. The molecule has 0 aliphatic heterocycles. The monoisotopic (exact) mass is 553 g/mol. The summed E-state index contributed by atoms with van der Waals surface area (Å²) in [7, 11) is 0. The summed E-state index contributed by atoms with van der Waals surface area (Å²) in [5.74, 6) is -0.648. The first-order chi connectivity index (χ1) is 19.1. The first-order valence-electron chi connectivity index (χ1n) is 17.5. The highest BCUT2D eigenvalue weighted by Crippen LogP contribution is 2.18. The van der Waals surface area contributed by atoms with Crippen LogP contribution in [0.2, 0.25) is 0 Å². The third-order valence-corrected chi connectivity index (χ3v) is 8.08. The Balaban J connectivity index is 3.63. The van der Waals surface area contributed by atoms with E-state index in [9.17, 15) is 9.59 Å². The van der Waals surface area contributed by atoms with E-state index in [1.54, 1.807) is 0 Å². The van der Waals surface area contributed by atoms with Gasteiger partial charge in [-0.05, 0) is 32.1 Å². The fraction of sp³-hybridized carbons (Fsp3) is 0.943. The molecule has 0 rings (SSSR count). The van der Waals surface area contributed by atoms with E-state index in [4.69, 9.17) is 9.84 Å². The summed E-state index contributed by atoms with van der Waals surface area (Å²) in [6, 6.07) is 0. The molecule has 0 aromatic carbocycles. The van der Waals surface area contributed by atoms with Crippen LogP contribution < -0.4 is 0 Å². The second-order valence-corrected chi connectivity index (χ2v) is 12.1. The zero-order valence-electron chi connectivity index (χ0n) is 26.5. The van der Waals surface area contributed by atoms with Gasteiger partial charge >= 0.3 is 11.9 Å². The first-order valence-corrected chi connectivity index (χ1v) is 17.5. The zero-order chi connectivity index (χ0) is 28.7. The van der Waals surface area contributed by atoms with Crippen molar-refractivity contribution in [2.45, 2.75) is 213 Å². The molecule has 1 N–H and O–H groups in total. The molecule has 0 spiro atoms. The summed E-state index contributed by atoms with van der Waals surface area (Å²) in [5.41, 5.74) is 0. The van der Waals surface area contributed by atoms with Crippen LogP contribution in [0.25, 0.3) is 0 Å². The van der Waals surface area contributed by atoms with Gasteiger partial charge in [0.2, 0.25) is 0 Å². The molecule has 0 saturated carbocycles. The van der Waals surface area contributed by atoms with Gasteiger partial charge in [-0.15, -0.1) is 0 Å². The van der Waals surface area contributed by atoms with Gasteiger partial charge in [-0.1, -0.05) is 162 Å². The summed E-state index contributed by atoms with van der Waals surface area (Å²) in [6.07, 6.45) is 35.8. The molecule has 0 fully saturated rings. The van der Waals surface area contributed by atoms with Gasteiger partial charge in [0.1, 0.15) is 6.10 Å². The minimum absolute atomic E-state index is 0.0263. The largest absolute Gasteiger partial charge is 0.481 e. The van der Waals surface area contributed by atoms with Gasteiger partial charge in [-0.25, -0.2) is 0 Å². The second-order valence-electron chi connectivity index (χ2n) is 12.1. The number of unbranched alkanes of at least 4 members (excludes halogenated alkanes) is 23. The maximum Gasteiger partial charge on any atom is 0.306 e. The molecule has 0 bridgehead atoms. The number of carboxylic acid groups (broad SMARTS) is 1. The van der Waals surface area contributed by atoms with E-state index in [0.29, 0.717) is 12.8 Å². The lowest BCUT2D eigenvalue weighted by molar-refractivity contribution is -0.150. The van der Waals surface area contributed by atoms with E-state index in [1.165, 1.54) is 116 Å². The van der Waals surface area contributed by atoms with Crippen LogP contribution in [0.3, 0.4) is 0 Å². The number of esters is 1. The molecule has 1 atom stereocenters. The fourth-order valence-corrected chi connectivity index (χ4v) is 5.47. The fourth-order valence-electron chi connectivity index (χ4n) is 5.47. The molecule has 0 radical (unpaired) electrons. The minimum atomic E-state index is -0.674. The Labute approximate surface area is 243 Å². The van der Waals surface area contributed by atoms with Crippen LogP contribution in [-0.2, 0) is 14.3 Å². The highest BCUT2D eigenvalue weighted by Gasteiger charge is 2.13. The Hall–Kier alpha value is -1.06. The zero-order valence-corrected chi connectivity index (χ0v) is 26.5. The van der Waals surface area contributed by atoms with Crippen LogP contribution in [0.4, 0.5) is 0 Å². The molecule has 232 valence electrons. The molecule has 0 amide bonds. The van der Waals surface area contributed by atoms with Crippen molar-refractivity contribution < 1.29 is 19.4 Å². The summed E-state index contributed by atoms with van der Waals surface area (Å²) in [5, 5.41) is 8.66. The minimum Gasteiger partial charge on any atom is -0.481 e. The average molecular weight is 553 g/mol. The van der Waals surface area contributed by atoms with Crippen LogP contribution in [0.15, 0.2) is 0 Å². The normalized spacial score (nSPS) is 12.1. The Kier molecular flexibility index (Phi) is 30.6. The predicted molar refractivity (Wildman–Crippen MR) is 167 cm³/mol. The van der Waals surface area contributed by atoms with Gasteiger partial charge in [0.25, 0.3) is 0 Å². The Morgan fingerprint density at radius 1 is 0.462 bits per heavy atom. The lowest BCUT2D eigenvalue weighted by atomic mass is 10.0. The molecule has 1 unspecified atom stereocenters. The summed E-state index contributed by atoms with van der Waals surface area (Å²) in [4.78, 5) is 22.9. The first kappa shape index (κ1) is 37.9. The van der Waals surface area contributed by atoms with Crippen LogP contribution in [0.1, 0.15) is 206 Å². The van der Waals surface area contributed by atoms with E-state index >= 15 is 0 Å². The Morgan fingerprint density at radius 2 is 0.795 bits per heavy atom. The van der Waals surface area contributed by atoms with E-state index in [2.05, 4.69) is 13.8 Å². The van der Waals surface area contributed by atoms with Gasteiger partial charge in [0, 0.05) is 12.8 Å². The van der Waals surface area contributed by atoms with Crippen molar-refractivity contribution in [3.05, 3.63) is 0 Å². The second kappa shape index (κ2) is 31.5. The summed E-state index contributed by atoms with van der Waals surface area (Å²) < 4.78 is 5.90. The number of carbonyl (C=O) groups excluding carboxylic acids is 1. The smallest absolute Gasteiger partial charge is 0.306 e. The Bertz CT molecular complexity index is 519. The summed E-state index contributed by atoms with van der Waals surface area (Å²) >= 11 is 0. The van der Waals surface area contributed by atoms with Crippen molar-refractivity contribution in [1.82, 2.24) is 0 Å². The van der Waals surface area contributed by atoms with Crippen LogP contribution in [-0.4, -0.2) is 23.1 Å². The van der Waals surface area contributed by atoms with E-state index in [-0.39, 0.29) is 12.1 Å². The van der Waals surface area contributed by atoms with Gasteiger partial charge in [-0.2, -0.15) is 0 Å². The SMILES string of the molecule is CCCCCCCCCCCCCCCCC(=O)OC(CCCC)CCCCCCCCCCCCC(=O)O. The molecule has 0 aromatic heterocycles. The van der Waals surface area contributed by atoms with Crippen LogP contribution in [0.5, 0.6) is 0 Å². The van der Waals surface area contributed by atoms with Gasteiger partial charge in [-0.3, -0.25) is 9.59 Å². The molecule has 0 aliphatic carbocycles. The molecule has 0 aliphatic rings. The van der Waals surface area contributed by atoms with Crippen LogP contribution in [0, 0.1) is 0 Å². The average Bonchev–Trinajstić information content (AvgIpc) is 2.92. The van der Waals surface area contributed by atoms with Gasteiger partial charge < -0.3 is 9.84 Å². The molecule has 4 heteroatoms. The van der Waals surface area contributed by atoms with Crippen molar-refractivity contribution in [3.63, 3.8) is 0 Å². The number of hydrogen-bond acceptors (Lipinski definition) is 3. The van der Waals surface area contributed by atoms with E-state index in [0.717, 1.165) is 64.2 Å². The van der Waals surface area contributed by atoms with Crippen molar-refractivity contribution >= 4 is 11.9 Å². The van der Waals surface area contributed by atoms with Crippen molar-refractivity contribution in [3.8, 4) is 0 Å². The number of carboxylic acids is 1. The summed E-state index contributed by atoms with van der Waals surface area (Å²) in [6.45, 7) is 4.49. The number of ether oxygens (including phenoxy) is 1. The van der Waals surface area contributed by atoms with Gasteiger partial charge in [0.05, 0.1) is 0 Å². The topological polar surface area (TPSA) is 63.6 Å². The number of rotatable bonds is 32. The molecule has 0 saturated heterocycles. The molecular formula is C35H68O4. The van der Waals surface area contributed by atoms with E-state index in [1.807, 2.05) is 0 Å². The quantitative estimate of drug-likeness (QED) is 0.0665. The maximum absolute atomic E-state index is 12.4. The molecule has 39 heavy (non-hydrogen) atoms. The lowest BCUT2D eigenvalue weighted by Gasteiger charge is -2.18. The molecular weight excluding hydrogens is 484 g/mol. The molecule has 0 aromatic rings. The van der Waals surface area contributed by atoms with Crippen LogP contribution >= 0.6 is 0 Å².